The van der Waals surface area contributed by atoms with Gasteiger partial charge in [-0.2, -0.15) is 0 Å². The number of rotatable bonds is 4. The number of hydrogen-bond donors (Lipinski definition) is 1. The molecule has 0 saturated carbocycles. The number of aromatic nitrogens is 2. The summed E-state index contributed by atoms with van der Waals surface area (Å²) in [6.45, 7) is 6.83. The van der Waals surface area contributed by atoms with Crippen LogP contribution in [0.1, 0.15) is 38.2 Å². The summed E-state index contributed by atoms with van der Waals surface area (Å²) in [7, 11) is -3.15. The minimum Gasteiger partial charge on any atom is -0.346 e. The Morgan fingerprint density at radius 2 is 1.96 bits per heavy atom. The molecule has 25 heavy (non-hydrogen) atoms. The van der Waals surface area contributed by atoms with Gasteiger partial charge >= 0.3 is 0 Å². The van der Waals surface area contributed by atoms with Gasteiger partial charge < -0.3 is 4.98 Å². The first-order valence-corrected chi connectivity index (χ1v) is 10.6. The van der Waals surface area contributed by atoms with Crippen molar-refractivity contribution in [2.24, 2.45) is 0 Å². The average molecular weight is 362 g/mol. The smallest absolute Gasteiger partial charge is 0.219 e. The van der Waals surface area contributed by atoms with Gasteiger partial charge in [0.1, 0.15) is 10.9 Å². The van der Waals surface area contributed by atoms with Crippen LogP contribution in [0.2, 0.25) is 0 Å². The Morgan fingerprint density at radius 1 is 1.24 bits per heavy atom. The minimum absolute atomic E-state index is 0.219. The van der Waals surface area contributed by atoms with Crippen LogP contribution in [0, 0.1) is 0 Å². The fourth-order valence-electron chi connectivity index (χ4n) is 4.03. The third kappa shape index (κ3) is 2.98. The maximum atomic E-state index is 12.8. The van der Waals surface area contributed by atoms with Gasteiger partial charge in [-0.25, -0.2) is 17.7 Å². The molecule has 6 nitrogen and oxygen atoms in total. The molecule has 0 bridgehead atoms. The van der Waals surface area contributed by atoms with Gasteiger partial charge in [0.2, 0.25) is 10.0 Å². The third-order valence-electron chi connectivity index (χ3n) is 5.76. The maximum Gasteiger partial charge on any atom is 0.219 e. The molecule has 0 aromatic carbocycles. The highest BCUT2D eigenvalue weighted by molar-refractivity contribution is 7.89. The zero-order valence-electron chi connectivity index (χ0n) is 14.9. The molecule has 7 heteroatoms. The quantitative estimate of drug-likeness (QED) is 0.905. The van der Waals surface area contributed by atoms with Gasteiger partial charge in [0.05, 0.1) is 0 Å². The lowest BCUT2D eigenvalue weighted by molar-refractivity contribution is 0.137. The lowest BCUT2D eigenvalue weighted by Crippen LogP contribution is -2.60. The molecule has 0 aliphatic carbocycles. The van der Waals surface area contributed by atoms with Crippen LogP contribution in [-0.2, 0) is 10.0 Å². The molecule has 2 saturated heterocycles. The van der Waals surface area contributed by atoms with Crippen molar-refractivity contribution in [3.8, 4) is 0 Å². The molecule has 2 aromatic rings. The SMILES string of the molecule is CC(C)N1CC(S(=O)(=O)N2CCC(c3c[nH]c4ncccc34)CC2)C1. The van der Waals surface area contributed by atoms with Crippen molar-refractivity contribution in [3.05, 3.63) is 30.1 Å². The van der Waals surface area contributed by atoms with Gasteiger partial charge in [-0.3, -0.25) is 4.90 Å². The second-order valence-corrected chi connectivity index (χ2v) is 9.74. The van der Waals surface area contributed by atoms with Gasteiger partial charge in [-0.15, -0.1) is 0 Å². The Hall–Kier alpha value is -1.44. The summed E-state index contributed by atoms with van der Waals surface area (Å²) in [6, 6.07) is 4.47. The molecule has 2 aromatic heterocycles. The zero-order valence-corrected chi connectivity index (χ0v) is 15.7. The Bertz CT molecular complexity index is 847. The van der Waals surface area contributed by atoms with E-state index in [4.69, 9.17) is 0 Å². The van der Waals surface area contributed by atoms with Crippen molar-refractivity contribution in [1.29, 1.82) is 0 Å². The van der Waals surface area contributed by atoms with Crippen molar-refractivity contribution >= 4 is 21.1 Å². The van der Waals surface area contributed by atoms with E-state index in [-0.39, 0.29) is 5.25 Å². The highest BCUT2D eigenvalue weighted by atomic mass is 32.2. The first-order valence-electron chi connectivity index (χ1n) is 9.12. The molecular formula is C18H26N4O2S. The molecule has 0 amide bonds. The Balaban J connectivity index is 1.42. The second kappa shape index (κ2) is 6.37. The van der Waals surface area contributed by atoms with Crippen molar-refractivity contribution in [2.75, 3.05) is 26.2 Å². The summed E-state index contributed by atoms with van der Waals surface area (Å²) in [5.41, 5.74) is 2.19. The fourth-order valence-corrected chi connectivity index (χ4v) is 5.93. The van der Waals surface area contributed by atoms with Gasteiger partial charge in [-0.05, 0) is 50.3 Å². The van der Waals surface area contributed by atoms with Gasteiger partial charge in [0.15, 0.2) is 0 Å². The number of hydrogen-bond acceptors (Lipinski definition) is 4. The van der Waals surface area contributed by atoms with Crippen LogP contribution < -0.4 is 0 Å². The molecule has 0 atom stereocenters. The molecule has 2 fully saturated rings. The number of nitrogens with one attached hydrogen (secondary N) is 1. The molecule has 0 radical (unpaired) electrons. The van der Waals surface area contributed by atoms with Crippen LogP contribution in [0.25, 0.3) is 11.0 Å². The number of fused-ring (bicyclic) bond motifs is 1. The first-order chi connectivity index (χ1) is 12.0. The molecule has 4 heterocycles. The predicted molar refractivity (Wildman–Crippen MR) is 99.1 cm³/mol. The van der Waals surface area contributed by atoms with Crippen LogP contribution in [-0.4, -0.2) is 65.1 Å². The molecule has 2 aliphatic heterocycles. The lowest BCUT2D eigenvalue weighted by Gasteiger charge is -2.44. The van der Waals surface area contributed by atoms with E-state index in [1.54, 1.807) is 10.5 Å². The molecular weight excluding hydrogens is 336 g/mol. The normalized spacial score (nSPS) is 21.9. The van der Waals surface area contributed by atoms with E-state index in [9.17, 15) is 8.42 Å². The summed E-state index contributed by atoms with van der Waals surface area (Å²) in [5.74, 6) is 0.401. The minimum atomic E-state index is -3.15. The summed E-state index contributed by atoms with van der Waals surface area (Å²) in [4.78, 5) is 9.79. The van der Waals surface area contributed by atoms with Crippen LogP contribution in [0.15, 0.2) is 24.5 Å². The van der Waals surface area contributed by atoms with Gasteiger partial charge in [-0.1, -0.05) is 0 Å². The number of piperidine rings is 1. The monoisotopic (exact) mass is 362 g/mol. The van der Waals surface area contributed by atoms with E-state index in [0.29, 0.717) is 38.1 Å². The molecule has 2 aliphatic rings. The van der Waals surface area contributed by atoms with Crippen molar-refractivity contribution in [3.63, 3.8) is 0 Å². The number of nitrogens with zero attached hydrogens (tertiary/aromatic N) is 3. The van der Waals surface area contributed by atoms with Crippen molar-refractivity contribution in [2.45, 2.75) is 43.9 Å². The number of aromatic amines is 1. The number of sulfonamides is 1. The largest absolute Gasteiger partial charge is 0.346 e. The van der Waals surface area contributed by atoms with Crippen LogP contribution >= 0.6 is 0 Å². The highest BCUT2D eigenvalue weighted by Gasteiger charge is 2.42. The Kier molecular flexibility index (Phi) is 4.33. The third-order valence-corrected chi connectivity index (χ3v) is 7.99. The fraction of sp³-hybridized carbons (Fsp3) is 0.611. The maximum absolute atomic E-state index is 12.8. The summed E-state index contributed by atoms with van der Waals surface area (Å²) in [6.07, 6.45) is 5.58. The van der Waals surface area contributed by atoms with E-state index in [2.05, 4.69) is 34.8 Å². The standard InChI is InChI=1S/C18H26N4O2S/c1-13(2)21-11-15(12-21)25(23,24)22-8-5-14(6-9-22)17-10-20-18-16(17)4-3-7-19-18/h3-4,7,10,13-15H,5-6,8-9,11-12H2,1-2H3,(H,19,20). The van der Waals surface area contributed by atoms with Gasteiger partial charge in [0.25, 0.3) is 0 Å². The van der Waals surface area contributed by atoms with Gasteiger partial charge in [0, 0.05) is 50.0 Å². The molecule has 4 rings (SSSR count). The number of pyridine rings is 1. The van der Waals surface area contributed by atoms with E-state index in [1.165, 1.54) is 5.56 Å². The first kappa shape index (κ1) is 17.0. The summed E-state index contributed by atoms with van der Waals surface area (Å²) < 4.78 is 27.4. The van der Waals surface area contributed by atoms with Crippen LogP contribution in [0.3, 0.4) is 0 Å². The van der Waals surface area contributed by atoms with E-state index in [1.807, 2.05) is 12.3 Å². The lowest BCUT2D eigenvalue weighted by atomic mass is 9.90. The van der Waals surface area contributed by atoms with Crippen LogP contribution in [0.4, 0.5) is 0 Å². The Morgan fingerprint density at radius 3 is 2.64 bits per heavy atom. The Labute approximate surface area is 149 Å². The van der Waals surface area contributed by atoms with Crippen LogP contribution in [0.5, 0.6) is 0 Å². The van der Waals surface area contributed by atoms with Crippen molar-refractivity contribution < 1.29 is 8.42 Å². The predicted octanol–water partition coefficient (Wildman–Crippen LogP) is 2.16. The zero-order chi connectivity index (χ0) is 17.6. The molecule has 136 valence electrons. The van der Waals surface area contributed by atoms with E-state index < -0.39 is 10.0 Å². The van der Waals surface area contributed by atoms with E-state index in [0.717, 1.165) is 23.9 Å². The highest BCUT2D eigenvalue weighted by Crippen LogP contribution is 2.34. The molecule has 1 N–H and O–H groups in total. The summed E-state index contributed by atoms with van der Waals surface area (Å²) in [5, 5.41) is 0.944. The van der Waals surface area contributed by atoms with Crippen molar-refractivity contribution in [1.82, 2.24) is 19.2 Å². The molecule has 0 spiro atoms. The second-order valence-electron chi connectivity index (χ2n) is 7.53. The topological polar surface area (TPSA) is 69.3 Å². The number of H-pyrrole nitrogens is 1. The van der Waals surface area contributed by atoms with E-state index >= 15 is 0 Å². The number of likely N-dealkylation sites (tertiary alicyclic amines) is 1. The molecule has 0 unspecified atom stereocenters. The average Bonchev–Trinajstić information content (AvgIpc) is 2.97. The summed E-state index contributed by atoms with van der Waals surface area (Å²) >= 11 is 0.